The number of nitrogens with one attached hydrogen (secondary N) is 1. The molecule has 2 rings (SSSR count). The second kappa shape index (κ2) is 9.33. The molecule has 0 fully saturated rings. The first-order valence-corrected chi connectivity index (χ1v) is 8.68. The van der Waals surface area contributed by atoms with E-state index >= 15 is 0 Å². The molecule has 0 radical (unpaired) electrons. The quantitative estimate of drug-likeness (QED) is 0.681. The molecule has 0 aliphatic rings. The monoisotopic (exact) mass is 343 g/mol. The number of anilines is 1. The maximum Gasteiger partial charge on any atom is 0.123 e. The van der Waals surface area contributed by atoms with Crippen LogP contribution < -0.4 is 14.8 Å². The Balaban J connectivity index is 1.83. The van der Waals surface area contributed by atoms with Gasteiger partial charge in [-0.2, -0.15) is 0 Å². The zero-order valence-corrected chi connectivity index (χ0v) is 15.7. The molecule has 4 heteroatoms. The van der Waals surface area contributed by atoms with Gasteiger partial charge in [0.2, 0.25) is 0 Å². The topological polar surface area (TPSA) is 39.7 Å². The largest absolute Gasteiger partial charge is 0.491 e. The van der Waals surface area contributed by atoms with Crippen LogP contribution in [0.3, 0.4) is 0 Å². The highest BCUT2D eigenvalue weighted by Gasteiger charge is 2.18. The normalized spacial score (nSPS) is 11.2. The maximum absolute atomic E-state index is 5.98. The highest BCUT2D eigenvalue weighted by Crippen LogP contribution is 2.30. The van der Waals surface area contributed by atoms with Gasteiger partial charge in [-0.1, -0.05) is 45.0 Å². The van der Waals surface area contributed by atoms with E-state index in [-0.39, 0.29) is 5.41 Å². The van der Waals surface area contributed by atoms with E-state index < -0.39 is 0 Å². The van der Waals surface area contributed by atoms with Gasteiger partial charge >= 0.3 is 0 Å². The standard InChI is InChI=1S/C21H29NO3/c1-21(2,3)19-10-5-6-11-20(19)25-13-12-22-17-8-7-9-18(16-17)24-15-14-23-4/h5-11,16,22H,12-15H2,1-4H3. The number of hydrogen-bond acceptors (Lipinski definition) is 4. The molecule has 25 heavy (non-hydrogen) atoms. The molecule has 0 aliphatic carbocycles. The van der Waals surface area contributed by atoms with Crippen molar-refractivity contribution in [2.24, 2.45) is 0 Å². The lowest BCUT2D eigenvalue weighted by Gasteiger charge is -2.22. The van der Waals surface area contributed by atoms with Crippen LogP contribution in [0.2, 0.25) is 0 Å². The van der Waals surface area contributed by atoms with Crippen molar-refractivity contribution in [2.45, 2.75) is 26.2 Å². The maximum atomic E-state index is 5.98. The van der Waals surface area contributed by atoms with Gasteiger partial charge in [0.05, 0.1) is 6.61 Å². The zero-order valence-electron chi connectivity index (χ0n) is 15.7. The number of methoxy groups -OCH3 is 1. The van der Waals surface area contributed by atoms with Crippen molar-refractivity contribution in [3.63, 3.8) is 0 Å². The Labute approximate surface area is 151 Å². The fourth-order valence-corrected chi connectivity index (χ4v) is 2.51. The van der Waals surface area contributed by atoms with Crippen molar-refractivity contribution < 1.29 is 14.2 Å². The summed E-state index contributed by atoms with van der Waals surface area (Å²) in [5, 5.41) is 3.37. The smallest absolute Gasteiger partial charge is 0.123 e. The molecule has 0 aromatic heterocycles. The van der Waals surface area contributed by atoms with Gasteiger partial charge in [-0.15, -0.1) is 0 Å². The van der Waals surface area contributed by atoms with Crippen LogP contribution in [0.4, 0.5) is 5.69 Å². The van der Waals surface area contributed by atoms with Gasteiger partial charge < -0.3 is 19.5 Å². The summed E-state index contributed by atoms with van der Waals surface area (Å²) < 4.78 is 16.6. The van der Waals surface area contributed by atoms with Gasteiger partial charge in [0.1, 0.15) is 24.7 Å². The summed E-state index contributed by atoms with van der Waals surface area (Å²) in [4.78, 5) is 0. The van der Waals surface area contributed by atoms with E-state index in [1.165, 1.54) is 5.56 Å². The molecule has 0 spiro atoms. The summed E-state index contributed by atoms with van der Waals surface area (Å²) in [7, 11) is 1.67. The lowest BCUT2D eigenvalue weighted by Crippen LogP contribution is -2.16. The molecule has 2 aromatic rings. The van der Waals surface area contributed by atoms with Crippen molar-refractivity contribution in [1.82, 2.24) is 0 Å². The molecule has 0 amide bonds. The molecular weight excluding hydrogens is 314 g/mol. The molecule has 0 saturated heterocycles. The second-order valence-electron chi connectivity index (χ2n) is 6.89. The summed E-state index contributed by atoms with van der Waals surface area (Å²) >= 11 is 0. The lowest BCUT2D eigenvalue weighted by molar-refractivity contribution is 0.146. The van der Waals surface area contributed by atoms with Crippen molar-refractivity contribution in [1.29, 1.82) is 0 Å². The molecule has 0 heterocycles. The number of rotatable bonds is 9. The second-order valence-corrected chi connectivity index (χ2v) is 6.89. The van der Waals surface area contributed by atoms with Crippen molar-refractivity contribution in [3.05, 3.63) is 54.1 Å². The summed E-state index contributed by atoms with van der Waals surface area (Å²) in [6.45, 7) is 9.04. The van der Waals surface area contributed by atoms with Crippen LogP contribution in [0.1, 0.15) is 26.3 Å². The molecule has 4 nitrogen and oxygen atoms in total. The first-order valence-electron chi connectivity index (χ1n) is 8.68. The van der Waals surface area contributed by atoms with E-state index in [4.69, 9.17) is 14.2 Å². The van der Waals surface area contributed by atoms with Gasteiger partial charge in [0.15, 0.2) is 0 Å². The fourth-order valence-electron chi connectivity index (χ4n) is 2.51. The van der Waals surface area contributed by atoms with Crippen molar-refractivity contribution in [2.75, 3.05) is 38.8 Å². The molecule has 0 aliphatic heterocycles. The molecule has 0 unspecified atom stereocenters. The predicted octanol–water partition coefficient (Wildman–Crippen LogP) is 4.50. The Bertz CT molecular complexity index is 650. The van der Waals surface area contributed by atoms with Crippen LogP contribution in [0.5, 0.6) is 11.5 Å². The Hall–Kier alpha value is -2.20. The number of ether oxygens (including phenoxy) is 3. The van der Waals surface area contributed by atoms with Crippen LogP contribution in [-0.2, 0) is 10.2 Å². The molecular formula is C21H29NO3. The Kier molecular flexibility index (Phi) is 7.14. The minimum absolute atomic E-state index is 0.0674. The van der Waals surface area contributed by atoms with Gasteiger partial charge in [-0.25, -0.2) is 0 Å². The highest BCUT2D eigenvalue weighted by atomic mass is 16.5. The molecule has 0 bridgehead atoms. The summed E-state index contributed by atoms with van der Waals surface area (Å²) in [5.74, 6) is 1.79. The van der Waals surface area contributed by atoms with Crippen LogP contribution in [0.25, 0.3) is 0 Å². The summed E-state index contributed by atoms with van der Waals surface area (Å²) in [6.07, 6.45) is 0. The van der Waals surface area contributed by atoms with Gasteiger partial charge in [0, 0.05) is 25.4 Å². The van der Waals surface area contributed by atoms with Crippen molar-refractivity contribution >= 4 is 5.69 Å². The molecule has 136 valence electrons. The number of hydrogen-bond donors (Lipinski definition) is 1. The van der Waals surface area contributed by atoms with Crippen LogP contribution in [0, 0.1) is 0 Å². The minimum atomic E-state index is 0.0674. The van der Waals surface area contributed by atoms with E-state index in [2.05, 4.69) is 38.2 Å². The third kappa shape index (κ3) is 6.31. The lowest BCUT2D eigenvalue weighted by atomic mass is 9.86. The molecule has 2 aromatic carbocycles. The zero-order chi connectivity index (χ0) is 18.1. The van der Waals surface area contributed by atoms with E-state index in [1.807, 2.05) is 36.4 Å². The van der Waals surface area contributed by atoms with E-state index in [0.29, 0.717) is 19.8 Å². The first kappa shape index (κ1) is 19.1. The average Bonchev–Trinajstić information content (AvgIpc) is 2.59. The Morgan fingerprint density at radius 3 is 2.44 bits per heavy atom. The molecule has 0 atom stereocenters. The van der Waals surface area contributed by atoms with E-state index in [0.717, 1.165) is 23.7 Å². The molecule has 0 saturated carbocycles. The Morgan fingerprint density at radius 2 is 1.68 bits per heavy atom. The van der Waals surface area contributed by atoms with Crippen LogP contribution >= 0.6 is 0 Å². The van der Waals surface area contributed by atoms with Crippen LogP contribution in [0.15, 0.2) is 48.5 Å². The van der Waals surface area contributed by atoms with E-state index in [9.17, 15) is 0 Å². The summed E-state index contributed by atoms with van der Waals surface area (Å²) in [5.41, 5.74) is 2.31. The average molecular weight is 343 g/mol. The summed E-state index contributed by atoms with van der Waals surface area (Å²) in [6, 6.07) is 16.1. The number of benzene rings is 2. The first-order chi connectivity index (χ1) is 12.0. The Morgan fingerprint density at radius 1 is 0.880 bits per heavy atom. The third-order valence-electron chi connectivity index (χ3n) is 3.77. The SMILES string of the molecule is COCCOc1cccc(NCCOc2ccccc2C(C)(C)C)c1. The van der Waals surface area contributed by atoms with Gasteiger partial charge in [-0.3, -0.25) is 0 Å². The fraction of sp³-hybridized carbons (Fsp3) is 0.429. The van der Waals surface area contributed by atoms with Crippen LogP contribution in [-0.4, -0.2) is 33.5 Å². The van der Waals surface area contributed by atoms with Gasteiger partial charge in [0.25, 0.3) is 0 Å². The minimum Gasteiger partial charge on any atom is -0.491 e. The molecule has 1 N–H and O–H groups in total. The number of para-hydroxylation sites is 1. The third-order valence-corrected chi connectivity index (χ3v) is 3.77. The van der Waals surface area contributed by atoms with Crippen molar-refractivity contribution in [3.8, 4) is 11.5 Å². The predicted molar refractivity (Wildman–Crippen MR) is 103 cm³/mol. The van der Waals surface area contributed by atoms with E-state index in [1.54, 1.807) is 7.11 Å². The highest BCUT2D eigenvalue weighted by molar-refractivity contribution is 5.48. The van der Waals surface area contributed by atoms with Gasteiger partial charge in [-0.05, 0) is 29.2 Å².